The van der Waals surface area contributed by atoms with Crippen molar-refractivity contribution in [3.8, 4) is 0 Å². The van der Waals surface area contributed by atoms with Crippen LogP contribution in [0.3, 0.4) is 0 Å². The van der Waals surface area contributed by atoms with E-state index >= 15 is 0 Å². The molecule has 168 valence electrons. The van der Waals surface area contributed by atoms with Gasteiger partial charge in [0.05, 0.1) is 35.9 Å². The van der Waals surface area contributed by atoms with Gasteiger partial charge in [-0.2, -0.15) is 0 Å². The van der Waals surface area contributed by atoms with Gasteiger partial charge in [0.15, 0.2) is 0 Å². The second-order valence-corrected chi connectivity index (χ2v) is 8.13. The second-order valence-electron chi connectivity index (χ2n) is 8.13. The molecule has 1 aliphatic rings. The summed E-state index contributed by atoms with van der Waals surface area (Å²) in [6, 6.07) is 15.2. The lowest BCUT2D eigenvalue weighted by Crippen LogP contribution is -2.48. The van der Waals surface area contributed by atoms with E-state index in [9.17, 15) is 9.59 Å². The molecular weight excluding hydrogens is 418 g/mol. The lowest BCUT2D eigenvalue weighted by atomic mass is 10.1. The SMILES string of the molecule is COCCn1cnc2cc(N3CCN(C(=O)c4ccc5ncccc5c4)CC3)ccc2c1=O. The molecule has 0 unspecified atom stereocenters. The zero-order valence-corrected chi connectivity index (χ0v) is 18.5. The summed E-state index contributed by atoms with van der Waals surface area (Å²) in [5.74, 6) is 0.0391. The largest absolute Gasteiger partial charge is 0.383 e. The molecule has 1 fully saturated rings. The fourth-order valence-electron chi connectivity index (χ4n) is 4.25. The van der Waals surface area contributed by atoms with E-state index in [1.165, 1.54) is 0 Å². The monoisotopic (exact) mass is 443 g/mol. The van der Waals surface area contributed by atoms with Crippen LogP contribution in [0.25, 0.3) is 21.8 Å². The molecule has 1 saturated heterocycles. The third kappa shape index (κ3) is 4.17. The summed E-state index contributed by atoms with van der Waals surface area (Å²) in [5, 5.41) is 1.56. The Morgan fingerprint density at radius 3 is 2.67 bits per heavy atom. The van der Waals surface area contributed by atoms with E-state index in [1.54, 1.807) is 24.2 Å². The van der Waals surface area contributed by atoms with Gasteiger partial charge in [0.25, 0.3) is 11.5 Å². The van der Waals surface area contributed by atoms with Gasteiger partial charge in [-0.05, 0) is 42.5 Å². The number of anilines is 1. The summed E-state index contributed by atoms with van der Waals surface area (Å²) in [5.41, 5.74) is 3.19. The fraction of sp³-hybridized carbons (Fsp3) is 0.280. The Bertz CT molecular complexity index is 1380. The maximum absolute atomic E-state index is 13.0. The number of ether oxygens (including phenoxy) is 1. The highest BCUT2D eigenvalue weighted by molar-refractivity contribution is 5.98. The number of nitrogens with zero attached hydrogens (tertiary/aromatic N) is 5. The van der Waals surface area contributed by atoms with Gasteiger partial charge >= 0.3 is 0 Å². The molecular formula is C25H25N5O3. The van der Waals surface area contributed by atoms with E-state index in [-0.39, 0.29) is 11.5 Å². The molecule has 1 aliphatic heterocycles. The topological polar surface area (TPSA) is 80.6 Å². The van der Waals surface area contributed by atoms with Crippen molar-refractivity contribution in [1.82, 2.24) is 19.4 Å². The predicted octanol–water partition coefficient (Wildman–Crippen LogP) is 2.55. The van der Waals surface area contributed by atoms with E-state index in [0.29, 0.717) is 42.7 Å². The quantitative estimate of drug-likeness (QED) is 0.472. The molecule has 3 heterocycles. The summed E-state index contributed by atoms with van der Waals surface area (Å²) < 4.78 is 6.63. The molecule has 8 nitrogen and oxygen atoms in total. The summed E-state index contributed by atoms with van der Waals surface area (Å²) in [6.45, 7) is 3.64. The van der Waals surface area contributed by atoms with Crippen LogP contribution in [-0.4, -0.2) is 65.2 Å². The number of rotatable bonds is 5. The van der Waals surface area contributed by atoms with Gasteiger partial charge in [0, 0.05) is 56.1 Å². The number of carbonyl (C=O) groups is 1. The first-order valence-corrected chi connectivity index (χ1v) is 11.0. The Hall–Kier alpha value is -3.78. The zero-order valence-electron chi connectivity index (χ0n) is 18.5. The molecule has 1 amide bonds. The molecule has 2 aromatic heterocycles. The van der Waals surface area contributed by atoms with Gasteiger partial charge in [-0.3, -0.25) is 19.1 Å². The highest BCUT2D eigenvalue weighted by atomic mass is 16.5. The van der Waals surface area contributed by atoms with E-state index in [0.717, 1.165) is 29.7 Å². The standard InChI is InChI=1S/C25H25N5O3/c1-33-14-13-30-17-27-23-16-20(5-6-21(23)25(30)32)28-9-11-29(12-10-28)24(31)19-4-7-22-18(15-19)3-2-8-26-22/h2-8,15-17H,9-14H2,1H3. The Morgan fingerprint density at radius 2 is 1.85 bits per heavy atom. The lowest BCUT2D eigenvalue weighted by molar-refractivity contribution is 0.0747. The number of benzene rings is 2. The first-order chi connectivity index (χ1) is 16.1. The first-order valence-electron chi connectivity index (χ1n) is 11.0. The number of carbonyl (C=O) groups excluding carboxylic acids is 1. The number of piperazine rings is 1. The molecule has 8 heteroatoms. The van der Waals surface area contributed by atoms with Gasteiger partial charge < -0.3 is 14.5 Å². The smallest absolute Gasteiger partial charge is 0.261 e. The molecule has 0 radical (unpaired) electrons. The molecule has 0 saturated carbocycles. The van der Waals surface area contributed by atoms with Crippen LogP contribution in [-0.2, 0) is 11.3 Å². The molecule has 2 aromatic carbocycles. The predicted molar refractivity (Wildman–Crippen MR) is 128 cm³/mol. The Balaban J connectivity index is 1.29. The highest BCUT2D eigenvalue weighted by Crippen LogP contribution is 2.22. The van der Waals surface area contributed by atoms with Crippen molar-refractivity contribution < 1.29 is 9.53 Å². The number of methoxy groups -OCH3 is 1. The van der Waals surface area contributed by atoms with Crippen molar-refractivity contribution in [1.29, 1.82) is 0 Å². The van der Waals surface area contributed by atoms with E-state index < -0.39 is 0 Å². The maximum atomic E-state index is 13.0. The summed E-state index contributed by atoms with van der Waals surface area (Å²) >= 11 is 0. The van der Waals surface area contributed by atoms with Gasteiger partial charge in [0.1, 0.15) is 0 Å². The van der Waals surface area contributed by atoms with Gasteiger partial charge in [0.2, 0.25) is 0 Å². The average Bonchev–Trinajstić information content (AvgIpc) is 2.87. The molecule has 0 spiro atoms. The maximum Gasteiger partial charge on any atom is 0.261 e. The second kappa shape index (κ2) is 8.99. The third-order valence-corrected chi connectivity index (χ3v) is 6.13. The molecule has 0 bridgehead atoms. The number of aromatic nitrogens is 3. The van der Waals surface area contributed by atoms with E-state index in [2.05, 4.69) is 14.9 Å². The summed E-state index contributed by atoms with van der Waals surface area (Å²) in [6.07, 6.45) is 3.32. The number of fused-ring (bicyclic) bond motifs is 2. The molecule has 4 aromatic rings. The van der Waals surface area contributed by atoms with Crippen molar-refractivity contribution in [3.05, 3.63) is 77.0 Å². The van der Waals surface area contributed by atoms with Gasteiger partial charge in [-0.25, -0.2) is 4.98 Å². The van der Waals surface area contributed by atoms with Crippen molar-refractivity contribution in [2.24, 2.45) is 0 Å². The fourth-order valence-corrected chi connectivity index (χ4v) is 4.25. The van der Waals surface area contributed by atoms with Crippen molar-refractivity contribution in [2.45, 2.75) is 6.54 Å². The van der Waals surface area contributed by atoms with E-state index in [4.69, 9.17) is 4.74 Å². The minimum Gasteiger partial charge on any atom is -0.383 e. The van der Waals surface area contributed by atoms with Crippen LogP contribution in [0, 0.1) is 0 Å². The lowest BCUT2D eigenvalue weighted by Gasteiger charge is -2.36. The molecule has 5 rings (SSSR count). The van der Waals surface area contributed by atoms with Crippen LogP contribution in [0.1, 0.15) is 10.4 Å². The number of amides is 1. The Labute approximate surface area is 191 Å². The average molecular weight is 444 g/mol. The third-order valence-electron chi connectivity index (χ3n) is 6.13. The van der Waals surface area contributed by atoms with E-state index in [1.807, 2.05) is 53.4 Å². The summed E-state index contributed by atoms with van der Waals surface area (Å²) in [7, 11) is 1.61. The van der Waals surface area contributed by atoms with Crippen molar-refractivity contribution in [3.63, 3.8) is 0 Å². The van der Waals surface area contributed by atoms with Crippen LogP contribution in [0.2, 0.25) is 0 Å². The molecule has 0 aliphatic carbocycles. The molecule has 0 atom stereocenters. The summed E-state index contributed by atoms with van der Waals surface area (Å²) in [4.78, 5) is 38.6. The first kappa shape index (κ1) is 21.1. The molecule has 0 N–H and O–H groups in total. The minimum atomic E-state index is -0.0652. The van der Waals surface area contributed by atoms with Crippen LogP contribution in [0.5, 0.6) is 0 Å². The number of hydrogen-bond donors (Lipinski definition) is 0. The van der Waals surface area contributed by atoms with Crippen LogP contribution in [0.15, 0.2) is 65.8 Å². The Kier molecular flexibility index (Phi) is 5.75. The normalized spacial score (nSPS) is 14.2. The highest BCUT2D eigenvalue weighted by Gasteiger charge is 2.23. The van der Waals surface area contributed by atoms with Crippen LogP contribution >= 0.6 is 0 Å². The van der Waals surface area contributed by atoms with Gasteiger partial charge in [-0.15, -0.1) is 0 Å². The van der Waals surface area contributed by atoms with Crippen LogP contribution in [0.4, 0.5) is 5.69 Å². The van der Waals surface area contributed by atoms with Crippen molar-refractivity contribution in [2.75, 3.05) is 44.8 Å². The van der Waals surface area contributed by atoms with Crippen molar-refractivity contribution >= 4 is 33.4 Å². The van der Waals surface area contributed by atoms with Crippen LogP contribution < -0.4 is 10.5 Å². The number of pyridine rings is 1. The minimum absolute atomic E-state index is 0.0391. The zero-order chi connectivity index (χ0) is 22.8. The Morgan fingerprint density at radius 1 is 1.00 bits per heavy atom. The van der Waals surface area contributed by atoms with Gasteiger partial charge in [-0.1, -0.05) is 6.07 Å². The molecule has 33 heavy (non-hydrogen) atoms. The number of hydrogen-bond acceptors (Lipinski definition) is 6.